The van der Waals surface area contributed by atoms with E-state index in [9.17, 15) is 0 Å². The van der Waals surface area contributed by atoms with Crippen molar-refractivity contribution in [2.45, 2.75) is 45.9 Å². The Hall–Kier alpha value is -1.94. The molecule has 2 aromatic carbocycles. The first kappa shape index (κ1) is 16.2. The third-order valence-electron chi connectivity index (χ3n) is 5.58. The van der Waals surface area contributed by atoms with E-state index in [-0.39, 0.29) is 12.1 Å². The molecule has 0 bridgehead atoms. The summed E-state index contributed by atoms with van der Waals surface area (Å²) in [5.74, 6) is 0.982. The summed E-state index contributed by atoms with van der Waals surface area (Å²) < 4.78 is 11.6. The Balaban J connectivity index is 1.73. The minimum atomic E-state index is 0.190. The molecular weight excluding hydrogens is 389 g/mol. The number of ether oxygens (including phenoxy) is 1. The van der Waals surface area contributed by atoms with Crippen molar-refractivity contribution in [3.05, 3.63) is 74.4 Å². The topological polar surface area (TPSA) is 32.0 Å². The number of benzene rings is 2. The molecule has 0 amide bonds. The number of hydrogen-bond acceptors (Lipinski definition) is 2. The fourth-order valence-corrected chi connectivity index (χ4v) is 5.36. The Kier molecular flexibility index (Phi) is 3.61. The predicted molar refractivity (Wildman–Crippen MR) is 102 cm³/mol. The van der Waals surface area contributed by atoms with E-state index in [0.717, 1.165) is 22.3 Å². The zero-order chi connectivity index (χ0) is 18.0. The molecular formula is C21H21N3OSe. The van der Waals surface area contributed by atoms with E-state index in [0.29, 0.717) is 6.61 Å². The molecule has 5 rings (SSSR count). The van der Waals surface area contributed by atoms with Gasteiger partial charge in [-0.3, -0.25) is 0 Å². The maximum atomic E-state index is 6.18. The van der Waals surface area contributed by atoms with E-state index in [4.69, 9.17) is 9.84 Å². The van der Waals surface area contributed by atoms with Gasteiger partial charge in [0.2, 0.25) is 0 Å². The molecule has 1 aromatic heterocycles. The second-order valence-corrected chi connectivity index (χ2v) is 8.19. The fourth-order valence-electron chi connectivity index (χ4n) is 4.62. The maximum absolute atomic E-state index is 6.18. The van der Waals surface area contributed by atoms with Gasteiger partial charge in [-0.2, -0.15) is 0 Å². The van der Waals surface area contributed by atoms with E-state index in [1.807, 2.05) is 0 Å². The van der Waals surface area contributed by atoms with E-state index < -0.39 is 0 Å². The zero-order valence-corrected chi connectivity index (χ0v) is 16.9. The van der Waals surface area contributed by atoms with Gasteiger partial charge in [0, 0.05) is 0 Å². The molecule has 0 radical (unpaired) electrons. The van der Waals surface area contributed by atoms with Crippen LogP contribution in [0.4, 0.5) is 0 Å². The van der Waals surface area contributed by atoms with Crippen LogP contribution in [0.25, 0.3) is 5.69 Å². The SMILES string of the molecule is Cc1cc(C)c(-n2nc3n(c2=[Se])[C@@H]2c4ccccc4C[C@@H]2OC3)c(C)c1. The molecule has 132 valence electrons. The predicted octanol–water partition coefficient (Wildman–Crippen LogP) is 3.34. The van der Waals surface area contributed by atoms with Gasteiger partial charge in [-0.1, -0.05) is 0 Å². The first-order valence-corrected chi connectivity index (χ1v) is 9.88. The normalized spacial score (nSPS) is 20.6. The number of rotatable bonds is 1. The van der Waals surface area contributed by atoms with Crippen molar-refractivity contribution in [2.24, 2.45) is 0 Å². The molecule has 0 saturated heterocycles. The Morgan fingerprint density at radius 3 is 2.62 bits per heavy atom. The van der Waals surface area contributed by atoms with Crippen LogP contribution in [0.5, 0.6) is 0 Å². The molecule has 2 aliphatic rings. The molecule has 1 aliphatic heterocycles. The van der Waals surface area contributed by atoms with Crippen LogP contribution in [0, 0.1) is 25.1 Å². The molecule has 0 spiro atoms. The molecule has 0 unspecified atom stereocenters. The molecule has 5 heteroatoms. The second-order valence-electron chi connectivity index (χ2n) is 7.43. The summed E-state index contributed by atoms with van der Waals surface area (Å²) in [6, 6.07) is 13.3. The number of aryl methyl sites for hydroxylation is 3. The number of fused-ring (bicyclic) bond motifs is 5. The number of hydrogen-bond donors (Lipinski definition) is 0. The van der Waals surface area contributed by atoms with Crippen LogP contribution in [0.2, 0.25) is 0 Å². The Morgan fingerprint density at radius 1 is 1.12 bits per heavy atom. The standard InChI is InChI=1S/C21H21N3OSe/c1-12-8-13(2)19(14(3)9-12)24-21(26)23-18(22-24)11-25-17-10-15-6-4-5-7-16(15)20(17)23/h4-9,17,20H,10-11H2,1-3H3/t17-,20+/m0/s1. The first-order chi connectivity index (χ1) is 12.5. The van der Waals surface area contributed by atoms with E-state index in [2.05, 4.69) is 82.0 Å². The monoisotopic (exact) mass is 411 g/mol. The molecule has 0 fully saturated rings. The zero-order valence-electron chi connectivity index (χ0n) is 15.2. The molecule has 26 heavy (non-hydrogen) atoms. The summed E-state index contributed by atoms with van der Waals surface area (Å²) >= 11 is 3.30. The van der Waals surface area contributed by atoms with Crippen molar-refractivity contribution >= 4 is 15.6 Å². The summed E-state index contributed by atoms with van der Waals surface area (Å²) in [6.07, 6.45) is 1.16. The summed E-state index contributed by atoms with van der Waals surface area (Å²) in [6.45, 7) is 7.01. The van der Waals surface area contributed by atoms with Gasteiger partial charge in [-0.05, 0) is 0 Å². The molecule has 0 N–H and O–H groups in total. The van der Waals surface area contributed by atoms with Crippen LogP contribution in [0.3, 0.4) is 0 Å². The fraction of sp³-hybridized carbons (Fsp3) is 0.333. The Morgan fingerprint density at radius 2 is 1.85 bits per heavy atom. The van der Waals surface area contributed by atoms with Crippen molar-refractivity contribution in [1.29, 1.82) is 0 Å². The van der Waals surface area contributed by atoms with Crippen LogP contribution < -0.4 is 0 Å². The Labute approximate surface area is 160 Å². The van der Waals surface area contributed by atoms with Crippen molar-refractivity contribution < 1.29 is 4.74 Å². The van der Waals surface area contributed by atoms with Gasteiger partial charge < -0.3 is 0 Å². The van der Waals surface area contributed by atoms with Gasteiger partial charge in [-0.25, -0.2) is 0 Å². The van der Waals surface area contributed by atoms with Crippen LogP contribution in [-0.4, -0.2) is 36.0 Å². The quantitative estimate of drug-likeness (QED) is 0.577. The average molecular weight is 410 g/mol. The van der Waals surface area contributed by atoms with Crippen molar-refractivity contribution in [3.8, 4) is 5.69 Å². The van der Waals surface area contributed by atoms with Crippen LogP contribution in [0.1, 0.15) is 39.7 Å². The van der Waals surface area contributed by atoms with Gasteiger partial charge >= 0.3 is 161 Å². The van der Waals surface area contributed by atoms with Crippen LogP contribution in [-0.2, 0) is 17.8 Å². The molecule has 4 nitrogen and oxygen atoms in total. The van der Waals surface area contributed by atoms with E-state index in [1.165, 1.54) is 27.8 Å². The van der Waals surface area contributed by atoms with Crippen molar-refractivity contribution in [2.75, 3.05) is 0 Å². The third-order valence-corrected chi connectivity index (χ3v) is 6.36. The van der Waals surface area contributed by atoms with Gasteiger partial charge in [0.15, 0.2) is 0 Å². The third kappa shape index (κ3) is 2.24. The molecule has 2 atom stereocenters. The van der Waals surface area contributed by atoms with Gasteiger partial charge in [0.05, 0.1) is 0 Å². The van der Waals surface area contributed by atoms with Gasteiger partial charge in [0.25, 0.3) is 0 Å². The molecule has 2 heterocycles. The minimum absolute atomic E-state index is 0.190. The molecule has 1 aliphatic carbocycles. The first-order valence-electron chi connectivity index (χ1n) is 9.02. The van der Waals surface area contributed by atoms with Crippen LogP contribution >= 0.6 is 0 Å². The summed E-state index contributed by atoms with van der Waals surface area (Å²) in [7, 11) is 0. The van der Waals surface area contributed by atoms with Crippen LogP contribution in [0.15, 0.2) is 36.4 Å². The van der Waals surface area contributed by atoms with Crippen molar-refractivity contribution in [1.82, 2.24) is 14.3 Å². The summed E-state index contributed by atoms with van der Waals surface area (Å²) in [5, 5.41) is 4.93. The Bertz CT molecular complexity index is 1070. The number of aromatic nitrogens is 3. The van der Waals surface area contributed by atoms with Gasteiger partial charge in [-0.15, -0.1) is 0 Å². The average Bonchev–Trinajstić information content (AvgIpc) is 3.12. The number of nitrogens with zero attached hydrogens (tertiary/aromatic N) is 3. The van der Waals surface area contributed by atoms with E-state index in [1.54, 1.807) is 0 Å². The van der Waals surface area contributed by atoms with E-state index >= 15 is 0 Å². The summed E-state index contributed by atoms with van der Waals surface area (Å²) in [4.78, 5) is 0. The molecule has 0 saturated carbocycles. The molecule has 3 aromatic rings. The van der Waals surface area contributed by atoms with Gasteiger partial charge in [0.1, 0.15) is 0 Å². The van der Waals surface area contributed by atoms with Crippen molar-refractivity contribution in [3.63, 3.8) is 0 Å². The summed E-state index contributed by atoms with van der Waals surface area (Å²) in [5.41, 5.74) is 7.67. The second kappa shape index (κ2) is 5.78.